The number of carbonyl (C=O) groups excluding carboxylic acids is 1. The van der Waals surface area contributed by atoms with Gasteiger partial charge in [0, 0.05) is 18.5 Å². The van der Waals surface area contributed by atoms with Gasteiger partial charge in [-0.2, -0.15) is 0 Å². The largest absolute Gasteiger partial charge is 0.355 e. The molecule has 1 aliphatic heterocycles. The Bertz CT molecular complexity index is 318. The molecule has 1 amide bonds. The average Bonchev–Trinajstić information content (AvgIpc) is 2.35. The van der Waals surface area contributed by atoms with E-state index in [1.165, 1.54) is 6.42 Å². The third-order valence-corrected chi connectivity index (χ3v) is 4.37. The number of amides is 1. The predicted octanol–water partition coefficient (Wildman–Crippen LogP) is 1.72. The van der Waals surface area contributed by atoms with Crippen molar-refractivity contribution in [3.05, 3.63) is 0 Å². The Morgan fingerprint density at radius 2 is 1.95 bits per heavy atom. The van der Waals surface area contributed by atoms with E-state index in [0.717, 1.165) is 32.6 Å². The first kappa shape index (κ1) is 17.4. The van der Waals surface area contributed by atoms with Gasteiger partial charge in [0.2, 0.25) is 5.91 Å². The maximum absolute atomic E-state index is 12.5. The van der Waals surface area contributed by atoms with E-state index in [-0.39, 0.29) is 16.7 Å². The lowest BCUT2D eigenvalue weighted by Crippen LogP contribution is -2.49. The second kappa shape index (κ2) is 6.90. The van der Waals surface area contributed by atoms with Crippen LogP contribution in [0.1, 0.15) is 40.5 Å². The van der Waals surface area contributed by atoms with Gasteiger partial charge in [0.15, 0.2) is 0 Å². The van der Waals surface area contributed by atoms with Crippen molar-refractivity contribution in [2.75, 3.05) is 40.3 Å². The van der Waals surface area contributed by atoms with Crippen LogP contribution in [0.25, 0.3) is 0 Å². The number of nitrogens with zero attached hydrogens (tertiary/aromatic N) is 1. The van der Waals surface area contributed by atoms with E-state index < -0.39 is 0 Å². The van der Waals surface area contributed by atoms with E-state index in [1.54, 1.807) is 0 Å². The van der Waals surface area contributed by atoms with Crippen LogP contribution in [0, 0.1) is 16.7 Å². The van der Waals surface area contributed by atoms with E-state index >= 15 is 0 Å². The molecule has 0 aromatic rings. The molecule has 1 rings (SSSR count). The molecule has 20 heavy (non-hydrogen) atoms. The molecule has 0 spiro atoms. The number of hydrogen-bond donors (Lipinski definition) is 2. The molecule has 4 heteroatoms. The molecule has 2 N–H and O–H groups in total. The number of rotatable bonds is 6. The molecule has 1 heterocycles. The molecule has 0 radical (unpaired) electrons. The molecule has 1 saturated heterocycles. The standard InChI is InChI=1S/C16H33N3O/c1-15(2,12-19(5)6)11-18-14(20)16(3,4)13-8-7-9-17-10-13/h13,17H,7-12H2,1-6H3,(H,18,20). The zero-order valence-electron chi connectivity index (χ0n) is 14.2. The molecule has 0 aliphatic carbocycles. The van der Waals surface area contributed by atoms with Crippen LogP contribution >= 0.6 is 0 Å². The number of carbonyl (C=O) groups is 1. The first-order chi connectivity index (χ1) is 9.15. The van der Waals surface area contributed by atoms with Crippen LogP contribution in [0.2, 0.25) is 0 Å². The lowest BCUT2D eigenvalue weighted by atomic mass is 9.74. The van der Waals surface area contributed by atoms with Crippen molar-refractivity contribution in [1.82, 2.24) is 15.5 Å². The second-order valence-corrected chi connectivity index (χ2v) is 7.85. The van der Waals surface area contributed by atoms with Crippen LogP contribution in [-0.4, -0.2) is 51.1 Å². The summed E-state index contributed by atoms with van der Waals surface area (Å²) in [5.74, 6) is 0.631. The Hall–Kier alpha value is -0.610. The normalized spacial score (nSPS) is 21.1. The van der Waals surface area contributed by atoms with Gasteiger partial charge < -0.3 is 15.5 Å². The molecule has 1 aliphatic rings. The van der Waals surface area contributed by atoms with Gasteiger partial charge in [-0.05, 0) is 51.4 Å². The van der Waals surface area contributed by atoms with Crippen molar-refractivity contribution in [2.45, 2.75) is 40.5 Å². The van der Waals surface area contributed by atoms with Crippen molar-refractivity contribution in [1.29, 1.82) is 0 Å². The minimum absolute atomic E-state index is 0.0973. The molecule has 1 fully saturated rings. The maximum atomic E-state index is 12.5. The van der Waals surface area contributed by atoms with E-state index in [4.69, 9.17) is 0 Å². The average molecular weight is 283 g/mol. The van der Waals surface area contributed by atoms with Crippen LogP contribution in [-0.2, 0) is 4.79 Å². The molecule has 0 bridgehead atoms. The van der Waals surface area contributed by atoms with Gasteiger partial charge in [-0.25, -0.2) is 0 Å². The fourth-order valence-corrected chi connectivity index (χ4v) is 3.11. The van der Waals surface area contributed by atoms with Crippen molar-refractivity contribution < 1.29 is 4.79 Å². The lowest BCUT2D eigenvalue weighted by molar-refractivity contribution is -0.133. The summed E-state index contributed by atoms with van der Waals surface area (Å²) in [6, 6.07) is 0. The summed E-state index contributed by atoms with van der Waals surface area (Å²) in [4.78, 5) is 14.7. The van der Waals surface area contributed by atoms with Crippen molar-refractivity contribution >= 4 is 5.91 Å². The molecule has 0 saturated carbocycles. The Morgan fingerprint density at radius 1 is 1.30 bits per heavy atom. The van der Waals surface area contributed by atoms with Crippen molar-refractivity contribution in [2.24, 2.45) is 16.7 Å². The molecule has 0 aromatic heterocycles. The molecule has 1 unspecified atom stereocenters. The highest BCUT2D eigenvalue weighted by Gasteiger charge is 2.37. The smallest absolute Gasteiger partial charge is 0.226 e. The van der Waals surface area contributed by atoms with Gasteiger partial charge in [0.1, 0.15) is 0 Å². The molecule has 4 nitrogen and oxygen atoms in total. The zero-order valence-corrected chi connectivity index (χ0v) is 14.2. The third-order valence-electron chi connectivity index (χ3n) is 4.37. The topological polar surface area (TPSA) is 44.4 Å². The summed E-state index contributed by atoms with van der Waals surface area (Å²) in [7, 11) is 4.14. The van der Waals surface area contributed by atoms with Crippen LogP contribution in [0.4, 0.5) is 0 Å². The van der Waals surface area contributed by atoms with Gasteiger partial charge >= 0.3 is 0 Å². The Balaban J connectivity index is 2.52. The highest BCUT2D eigenvalue weighted by Crippen LogP contribution is 2.32. The summed E-state index contributed by atoms with van der Waals surface area (Å²) >= 11 is 0. The summed E-state index contributed by atoms with van der Waals surface area (Å²) in [5, 5.41) is 6.58. The lowest BCUT2D eigenvalue weighted by Gasteiger charge is -2.37. The SMILES string of the molecule is CN(C)CC(C)(C)CNC(=O)C(C)(C)C1CCCNC1. The summed E-state index contributed by atoms with van der Waals surface area (Å²) in [5.41, 5.74) is -0.193. The van der Waals surface area contributed by atoms with Crippen LogP contribution in [0.5, 0.6) is 0 Å². The van der Waals surface area contributed by atoms with Gasteiger partial charge in [0.05, 0.1) is 0 Å². The third kappa shape index (κ3) is 5.06. The van der Waals surface area contributed by atoms with Gasteiger partial charge in [-0.15, -0.1) is 0 Å². The number of hydrogen-bond acceptors (Lipinski definition) is 3. The van der Waals surface area contributed by atoms with Crippen LogP contribution in [0.3, 0.4) is 0 Å². The fraction of sp³-hybridized carbons (Fsp3) is 0.938. The molecule has 1 atom stereocenters. The monoisotopic (exact) mass is 283 g/mol. The number of nitrogens with one attached hydrogen (secondary N) is 2. The molecule has 0 aromatic carbocycles. The summed E-state index contributed by atoms with van der Waals surface area (Å²) in [6.07, 6.45) is 2.32. The molecule has 118 valence electrons. The summed E-state index contributed by atoms with van der Waals surface area (Å²) in [6.45, 7) is 12.3. The zero-order chi connectivity index (χ0) is 15.4. The van der Waals surface area contributed by atoms with Gasteiger partial charge in [-0.1, -0.05) is 27.7 Å². The highest BCUT2D eigenvalue weighted by molar-refractivity contribution is 5.82. The first-order valence-corrected chi connectivity index (χ1v) is 7.79. The Morgan fingerprint density at radius 3 is 2.45 bits per heavy atom. The molecular formula is C16H33N3O. The van der Waals surface area contributed by atoms with E-state index in [0.29, 0.717) is 5.92 Å². The Labute approximate surface area is 124 Å². The summed E-state index contributed by atoms with van der Waals surface area (Å²) < 4.78 is 0. The quantitative estimate of drug-likeness (QED) is 0.780. The minimum atomic E-state index is -0.290. The maximum Gasteiger partial charge on any atom is 0.226 e. The fourth-order valence-electron chi connectivity index (χ4n) is 3.11. The van der Waals surface area contributed by atoms with Crippen molar-refractivity contribution in [3.63, 3.8) is 0 Å². The Kier molecular flexibility index (Phi) is 6.02. The first-order valence-electron chi connectivity index (χ1n) is 7.79. The minimum Gasteiger partial charge on any atom is -0.355 e. The molecular weight excluding hydrogens is 250 g/mol. The number of piperidine rings is 1. The van der Waals surface area contributed by atoms with Crippen LogP contribution < -0.4 is 10.6 Å². The van der Waals surface area contributed by atoms with E-state index in [9.17, 15) is 4.79 Å². The van der Waals surface area contributed by atoms with Crippen LogP contribution in [0.15, 0.2) is 0 Å². The predicted molar refractivity (Wildman–Crippen MR) is 84.7 cm³/mol. The van der Waals surface area contributed by atoms with E-state index in [1.807, 2.05) is 0 Å². The second-order valence-electron chi connectivity index (χ2n) is 7.85. The van der Waals surface area contributed by atoms with E-state index in [2.05, 4.69) is 57.3 Å². The highest BCUT2D eigenvalue weighted by atomic mass is 16.2. The van der Waals surface area contributed by atoms with Gasteiger partial charge in [-0.3, -0.25) is 4.79 Å². The van der Waals surface area contributed by atoms with Gasteiger partial charge in [0.25, 0.3) is 0 Å². The van der Waals surface area contributed by atoms with Crippen molar-refractivity contribution in [3.8, 4) is 0 Å².